The molecule has 2 aliphatic rings. The van der Waals surface area contributed by atoms with E-state index in [2.05, 4.69) is 10.6 Å². The van der Waals surface area contributed by atoms with Gasteiger partial charge in [0.2, 0.25) is 5.92 Å². The van der Waals surface area contributed by atoms with E-state index < -0.39 is 17.5 Å². The van der Waals surface area contributed by atoms with Crippen LogP contribution in [-0.2, 0) is 0 Å². The Kier molecular flexibility index (Phi) is 5.22. The summed E-state index contributed by atoms with van der Waals surface area (Å²) in [5.74, 6) is -2.44. The van der Waals surface area contributed by atoms with Gasteiger partial charge >= 0.3 is 5.63 Å². The summed E-state index contributed by atoms with van der Waals surface area (Å²) in [7, 11) is 0. The van der Waals surface area contributed by atoms with Crippen molar-refractivity contribution in [1.82, 2.24) is 10.6 Å². The van der Waals surface area contributed by atoms with Crippen LogP contribution in [0.4, 0.5) is 8.78 Å². The summed E-state index contributed by atoms with van der Waals surface area (Å²) in [4.78, 5) is 24.8. The van der Waals surface area contributed by atoms with Crippen LogP contribution in [0.3, 0.4) is 0 Å². The molecule has 7 heteroatoms. The number of carbonyl (C=O) groups is 1. The highest BCUT2D eigenvalue weighted by atomic mass is 19.3. The fraction of sp³-hybridized carbons (Fsp3) is 0.667. The Morgan fingerprint density at radius 2 is 2.04 bits per heavy atom. The predicted octanol–water partition coefficient (Wildman–Crippen LogP) is 2.72. The largest absolute Gasteiger partial charge is 0.427 e. The van der Waals surface area contributed by atoms with Crippen LogP contribution in [0, 0.1) is 6.92 Å². The molecule has 25 heavy (non-hydrogen) atoms. The third-order valence-corrected chi connectivity index (χ3v) is 5.15. The van der Waals surface area contributed by atoms with Crippen LogP contribution >= 0.6 is 0 Å². The van der Waals surface area contributed by atoms with Gasteiger partial charge in [-0.2, -0.15) is 0 Å². The smallest absolute Gasteiger partial charge is 0.349 e. The second-order valence-electron chi connectivity index (χ2n) is 7.14. The van der Waals surface area contributed by atoms with Crippen LogP contribution in [0.2, 0.25) is 0 Å². The first-order valence-corrected chi connectivity index (χ1v) is 8.90. The summed E-state index contributed by atoms with van der Waals surface area (Å²) in [6, 6.07) is 1.43. The minimum absolute atomic E-state index is 0.0233. The summed E-state index contributed by atoms with van der Waals surface area (Å²) in [5, 5.41) is 5.98. The van der Waals surface area contributed by atoms with E-state index in [0.29, 0.717) is 11.3 Å². The van der Waals surface area contributed by atoms with Gasteiger partial charge in [0.1, 0.15) is 11.3 Å². The first-order valence-electron chi connectivity index (χ1n) is 8.90. The highest BCUT2D eigenvalue weighted by molar-refractivity contribution is 5.95. The van der Waals surface area contributed by atoms with Crippen LogP contribution in [0.15, 0.2) is 15.3 Å². The number of nitrogens with one attached hydrogen (secondary N) is 2. The maximum absolute atomic E-state index is 13.2. The zero-order valence-electron chi connectivity index (χ0n) is 14.4. The van der Waals surface area contributed by atoms with E-state index in [1.54, 1.807) is 13.0 Å². The van der Waals surface area contributed by atoms with Crippen molar-refractivity contribution in [3.05, 3.63) is 33.4 Å². The molecular weight excluding hydrogens is 330 g/mol. The van der Waals surface area contributed by atoms with Gasteiger partial charge in [0.15, 0.2) is 0 Å². The topological polar surface area (TPSA) is 71.3 Å². The molecule has 3 rings (SSSR count). The molecule has 1 amide bonds. The molecule has 1 saturated heterocycles. The number of hydrogen-bond donors (Lipinski definition) is 2. The van der Waals surface area contributed by atoms with Crippen LogP contribution in [0.1, 0.15) is 66.1 Å². The fourth-order valence-electron chi connectivity index (χ4n) is 3.64. The van der Waals surface area contributed by atoms with Crippen molar-refractivity contribution in [2.45, 2.75) is 63.3 Å². The molecule has 2 N–H and O–H groups in total. The summed E-state index contributed by atoms with van der Waals surface area (Å²) >= 11 is 0. The molecule has 1 aliphatic carbocycles. The SMILES string of the molecule is Cc1cc(C2CCCNC2)oc(=O)c1C(=O)NC1CCC(F)(F)CC1. The van der Waals surface area contributed by atoms with Gasteiger partial charge in [-0.3, -0.25) is 4.79 Å². The number of piperidine rings is 1. The van der Waals surface area contributed by atoms with Crippen molar-refractivity contribution in [3.8, 4) is 0 Å². The zero-order valence-corrected chi connectivity index (χ0v) is 14.4. The molecule has 2 fully saturated rings. The highest BCUT2D eigenvalue weighted by Gasteiger charge is 2.35. The Labute approximate surface area is 145 Å². The predicted molar refractivity (Wildman–Crippen MR) is 89.2 cm³/mol. The number of amides is 1. The van der Waals surface area contributed by atoms with Gasteiger partial charge in [-0.05, 0) is 50.8 Å². The quantitative estimate of drug-likeness (QED) is 0.876. The van der Waals surface area contributed by atoms with Gasteiger partial charge in [-0.1, -0.05) is 0 Å². The second-order valence-corrected chi connectivity index (χ2v) is 7.14. The van der Waals surface area contributed by atoms with Gasteiger partial charge in [0, 0.05) is 31.3 Å². The van der Waals surface area contributed by atoms with E-state index in [0.717, 1.165) is 25.9 Å². The Morgan fingerprint density at radius 3 is 2.64 bits per heavy atom. The minimum Gasteiger partial charge on any atom is -0.427 e. The van der Waals surface area contributed by atoms with Crippen molar-refractivity contribution in [2.24, 2.45) is 0 Å². The van der Waals surface area contributed by atoms with Crippen molar-refractivity contribution in [3.63, 3.8) is 0 Å². The van der Waals surface area contributed by atoms with Crippen molar-refractivity contribution < 1.29 is 18.0 Å². The van der Waals surface area contributed by atoms with Crippen molar-refractivity contribution in [2.75, 3.05) is 13.1 Å². The van der Waals surface area contributed by atoms with Gasteiger partial charge in [-0.15, -0.1) is 0 Å². The van der Waals surface area contributed by atoms with E-state index in [9.17, 15) is 18.4 Å². The third kappa shape index (κ3) is 4.26. The molecule has 1 unspecified atom stereocenters. The van der Waals surface area contributed by atoms with Gasteiger partial charge in [-0.25, -0.2) is 13.6 Å². The summed E-state index contributed by atoms with van der Waals surface area (Å²) in [5.41, 5.74) is -0.112. The number of halogens is 2. The molecule has 0 radical (unpaired) electrons. The Hall–Kier alpha value is -1.76. The van der Waals surface area contributed by atoms with Crippen LogP contribution in [-0.4, -0.2) is 31.0 Å². The summed E-state index contributed by atoms with van der Waals surface area (Å²) in [6.45, 7) is 3.42. The van der Waals surface area contributed by atoms with E-state index in [1.165, 1.54) is 0 Å². The van der Waals surface area contributed by atoms with E-state index in [1.807, 2.05) is 0 Å². The lowest BCUT2D eigenvalue weighted by atomic mass is 9.92. The summed E-state index contributed by atoms with van der Waals surface area (Å²) in [6.07, 6.45) is 1.92. The van der Waals surface area contributed by atoms with Gasteiger partial charge < -0.3 is 15.1 Å². The molecule has 0 aromatic carbocycles. The maximum atomic E-state index is 13.2. The number of alkyl halides is 2. The van der Waals surface area contributed by atoms with Gasteiger partial charge in [0.25, 0.3) is 5.91 Å². The third-order valence-electron chi connectivity index (χ3n) is 5.15. The molecule has 1 aromatic rings. The average molecular weight is 354 g/mol. The average Bonchev–Trinajstić information content (AvgIpc) is 2.57. The molecule has 1 aromatic heterocycles. The number of carbonyl (C=O) groups excluding carboxylic acids is 1. The molecule has 1 atom stereocenters. The van der Waals surface area contributed by atoms with Gasteiger partial charge in [0.05, 0.1) is 0 Å². The van der Waals surface area contributed by atoms with Crippen molar-refractivity contribution in [1.29, 1.82) is 0 Å². The second kappa shape index (κ2) is 7.23. The highest BCUT2D eigenvalue weighted by Crippen LogP contribution is 2.33. The lowest BCUT2D eigenvalue weighted by molar-refractivity contribution is -0.0399. The van der Waals surface area contributed by atoms with Crippen LogP contribution in [0.25, 0.3) is 0 Å². The lowest BCUT2D eigenvalue weighted by Gasteiger charge is -2.28. The summed E-state index contributed by atoms with van der Waals surface area (Å²) < 4.78 is 31.8. The Balaban J connectivity index is 1.71. The normalized spacial score (nSPS) is 24.0. The standard InChI is InChI=1S/C18H24F2N2O3/c1-11-9-14(12-3-2-8-21-10-12)25-17(24)15(11)16(23)22-13-4-6-18(19,20)7-5-13/h9,12-13,21H,2-8,10H2,1H3,(H,22,23). The minimum atomic E-state index is -2.65. The van der Waals surface area contributed by atoms with E-state index >= 15 is 0 Å². The molecule has 0 bridgehead atoms. The molecule has 138 valence electrons. The molecule has 5 nitrogen and oxygen atoms in total. The Morgan fingerprint density at radius 1 is 1.32 bits per heavy atom. The number of rotatable bonds is 3. The first kappa shape index (κ1) is 18.0. The maximum Gasteiger partial charge on any atom is 0.349 e. The van der Waals surface area contributed by atoms with Crippen molar-refractivity contribution >= 4 is 5.91 Å². The first-order chi connectivity index (χ1) is 11.9. The van der Waals surface area contributed by atoms with Crippen LogP contribution < -0.4 is 16.3 Å². The molecule has 2 heterocycles. The molecular formula is C18H24F2N2O3. The molecule has 1 saturated carbocycles. The fourth-order valence-corrected chi connectivity index (χ4v) is 3.64. The Bertz CT molecular complexity index is 686. The zero-order chi connectivity index (χ0) is 18.0. The number of hydrogen-bond acceptors (Lipinski definition) is 4. The van der Waals surface area contributed by atoms with E-state index in [4.69, 9.17) is 4.42 Å². The monoisotopic (exact) mass is 354 g/mol. The molecule has 1 aliphatic heterocycles. The number of aryl methyl sites for hydroxylation is 1. The lowest BCUT2D eigenvalue weighted by Crippen LogP contribution is -2.42. The molecule has 0 spiro atoms. The van der Waals surface area contributed by atoms with Crippen LogP contribution in [0.5, 0.6) is 0 Å². The van der Waals surface area contributed by atoms with E-state index in [-0.39, 0.29) is 43.2 Å².